The summed E-state index contributed by atoms with van der Waals surface area (Å²) in [4.78, 5) is 25.5. The molecule has 0 rings (SSSR count). The molecule has 0 radical (unpaired) electrons. The summed E-state index contributed by atoms with van der Waals surface area (Å²) in [6.45, 7) is 4.22. The lowest BCUT2D eigenvalue weighted by Crippen LogP contribution is -2.51. The largest absolute Gasteiger partial charge is 0.756 e. The topological polar surface area (TPSA) is 128 Å². The average Bonchev–Trinajstić information content (AvgIpc) is 3.28. The van der Waals surface area contributed by atoms with Gasteiger partial charge in [0.05, 0.1) is 39.9 Å². The van der Waals surface area contributed by atoms with Gasteiger partial charge < -0.3 is 34.0 Å². The Morgan fingerprint density at radius 1 is 0.561 bits per heavy atom. The normalized spacial score (nSPS) is 14.7. The molecular weight excluding hydrogens is 844 g/mol. The first-order valence-corrected chi connectivity index (χ1v) is 29.3. The van der Waals surface area contributed by atoms with Crippen LogP contribution in [-0.2, 0) is 18.4 Å². The lowest BCUT2D eigenvalue weighted by molar-refractivity contribution is -0.870. The van der Waals surface area contributed by atoms with Gasteiger partial charge in [-0.25, -0.2) is 0 Å². The number of nitrogens with zero attached hydrogens (tertiary/aromatic N) is 1. The van der Waals surface area contributed by atoms with Crippen LogP contribution in [-0.4, -0.2) is 79.8 Å². The van der Waals surface area contributed by atoms with E-state index in [1.54, 1.807) is 0 Å². The van der Waals surface area contributed by atoms with E-state index in [0.717, 1.165) is 44.9 Å². The minimum Gasteiger partial charge on any atom is -0.756 e. The number of rotatable bonds is 51. The summed E-state index contributed by atoms with van der Waals surface area (Å²) in [6.07, 6.45) is 56.7. The number of aliphatic hydroxyl groups excluding tert-OH is 2. The molecule has 0 aliphatic carbocycles. The van der Waals surface area contributed by atoms with Gasteiger partial charge in [-0.15, -0.1) is 0 Å². The van der Waals surface area contributed by atoms with Crippen LogP contribution >= 0.6 is 7.82 Å². The number of carbonyl (C=O) groups excluding carboxylic acids is 1. The molecule has 0 spiro atoms. The van der Waals surface area contributed by atoms with Gasteiger partial charge in [0, 0.05) is 6.42 Å². The van der Waals surface area contributed by atoms with Crippen LogP contribution in [0.25, 0.3) is 0 Å². The molecule has 4 unspecified atom stereocenters. The Morgan fingerprint density at radius 3 is 1.30 bits per heavy atom. The van der Waals surface area contributed by atoms with Crippen molar-refractivity contribution in [2.75, 3.05) is 40.9 Å². The predicted octanol–water partition coefficient (Wildman–Crippen LogP) is 14.9. The van der Waals surface area contributed by atoms with Crippen molar-refractivity contribution in [2.24, 2.45) is 0 Å². The molecule has 0 fully saturated rings. The summed E-state index contributed by atoms with van der Waals surface area (Å²) in [5.74, 6) is -0.291. The van der Waals surface area contributed by atoms with Crippen LogP contribution in [0.3, 0.4) is 0 Å². The third-order valence-electron chi connectivity index (χ3n) is 12.8. The number of hydrogen-bond donors (Lipinski definition) is 3. The van der Waals surface area contributed by atoms with E-state index < -0.39 is 32.7 Å². The van der Waals surface area contributed by atoms with E-state index in [9.17, 15) is 24.5 Å². The van der Waals surface area contributed by atoms with Gasteiger partial charge >= 0.3 is 0 Å². The zero-order valence-corrected chi connectivity index (χ0v) is 44.9. The Labute approximate surface area is 409 Å². The summed E-state index contributed by atoms with van der Waals surface area (Å²) in [7, 11) is 1.10. The van der Waals surface area contributed by atoms with E-state index in [-0.39, 0.29) is 18.9 Å². The fourth-order valence-corrected chi connectivity index (χ4v) is 9.08. The Hall–Kier alpha value is -1.32. The van der Waals surface area contributed by atoms with Gasteiger partial charge in [-0.3, -0.25) is 9.36 Å². The van der Waals surface area contributed by atoms with E-state index in [2.05, 4.69) is 48.7 Å². The van der Waals surface area contributed by atoms with Gasteiger partial charge in [0.25, 0.3) is 7.82 Å². The van der Waals surface area contributed by atoms with Crippen molar-refractivity contribution in [1.82, 2.24) is 5.32 Å². The molecule has 0 aromatic carbocycles. The van der Waals surface area contributed by atoms with E-state index in [4.69, 9.17) is 9.05 Å². The summed E-state index contributed by atoms with van der Waals surface area (Å²) in [6, 6.07) is -1.10. The second-order valence-corrected chi connectivity index (χ2v) is 21.8. The first-order chi connectivity index (χ1) is 31.9. The average molecular weight is 953 g/mol. The van der Waals surface area contributed by atoms with E-state index in [0.29, 0.717) is 30.3 Å². The predicted molar refractivity (Wildman–Crippen MR) is 281 cm³/mol. The highest BCUT2D eigenvalue weighted by molar-refractivity contribution is 7.45. The number of likely N-dealkylation sites (N-methyl/N-ethyl adjacent to an activating group) is 1. The number of aliphatic hydroxyl groups is 2. The second-order valence-electron chi connectivity index (χ2n) is 20.4. The number of phosphoric ester groups is 1. The number of phosphoric acid groups is 1. The van der Waals surface area contributed by atoms with E-state index >= 15 is 0 Å². The zero-order valence-electron chi connectivity index (χ0n) is 44.0. The molecule has 0 saturated heterocycles. The minimum atomic E-state index is -4.68. The van der Waals surface area contributed by atoms with Gasteiger partial charge in [-0.2, -0.15) is 0 Å². The van der Waals surface area contributed by atoms with Gasteiger partial charge in [-0.1, -0.05) is 230 Å². The number of carbonyl (C=O) groups is 1. The maximum Gasteiger partial charge on any atom is 0.268 e. The molecule has 4 atom stereocenters. The maximum absolute atomic E-state index is 13.0. The molecule has 0 aliphatic heterocycles. The third-order valence-corrected chi connectivity index (χ3v) is 13.7. The Balaban J connectivity index is 4.11. The van der Waals surface area contributed by atoms with Crippen LogP contribution in [0, 0.1) is 0 Å². The summed E-state index contributed by atoms with van der Waals surface area (Å²) in [5, 5.41) is 24.7. The van der Waals surface area contributed by atoms with Crippen molar-refractivity contribution in [3.8, 4) is 0 Å². The summed E-state index contributed by atoms with van der Waals surface area (Å²) < 4.78 is 23.2. The van der Waals surface area contributed by atoms with Crippen molar-refractivity contribution < 1.29 is 38.0 Å². The van der Waals surface area contributed by atoms with Crippen LogP contribution in [0.1, 0.15) is 258 Å². The van der Waals surface area contributed by atoms with Crippen molar-refractivity contribution in [2.45, 2.75) is 276 Å². The quantitative estimate of drug-likeness (QED) is 0.0240. The SMILES string of the molecule is C/C=C/CC/C=C/CC/C=C/CCCC(O)C(O)C(COP(=O)([O-])OCC[N+](C)(C)C)NC(=O)CCCCCCCCCCCCCCCCCCCCCCCCCCCCCCCC. The van der Waals surface area contributed by atoms with E-state index in [1.807, 2.05) is 28.1 Å². The highest BCUT2D eigenvalue weighted by atomic mass is 31.2. The fourth-order valence-electron chi connectivity index (χ4n) is 8.36. The maximum atomic E-state index is 13.0. The molecule has 0 aliphatic rings. The Morgan fingerprint density at radius 2 is 0.924 bits per heavy atom. The number of hydrogen-bond acceptors (Lipinski definition) is 7. The minimum absolute atomic E-state index is 0.0491. The number of amides is 1. The monoisotopic (exact) mass is 953 g/mol. The van der Waals surface area contributed by atoms with Crippen molar-refractivity contribution in [3.63, 3.8) is 0 Å². The lowest BCUT2D eigenvalue weighted by Gasteiger charge is -2.31. The standard InChI is InChI=1S/C56H109N2O7P/c1-6-8-10-12-14-16-18-20-21-22-23-24-25-26-27-28-29-30-31-32-33-34-35-36-37-39-41-43-45-47-49-55(60)57-53(52-65-66(62,63)64-51-50-58(3,4)5)56(61)54(59)48-46-44-42-40-38-19-17-15-13-11-9-7-2/h7,9,15,17,40,42,53-54,56,59,61H,6,8,10-14,16,18-39,41,43-52H2,1-5H3,(H-,57,60,62,63)/b9-7+,17-15+,42-40+. The van der Waals surface area contributed by atoms with Crippen LogP contribution < -0.4 is 10.2 Å². The molecule has 9 nitrogen and oxygen atoms in total. The lowest BCUT2D eigenvalue weighted by atomic mass is 10.0. The molecule has 390 valence electrons. The molecule has 0 bridgehead atoms. The van der Waals surface area contributed by atoms with Crippen LogP contribution in [0.15, 0.2) is 36.5 Å². The molecule has 3 N–H and O–H groups in total. The van der Waals surface area contributed by atoms with Crippen LogP contribution in [0.5, 0.6) is 0 Å². The molecular formula is C56H109N2O7P. The Kier molecular flexibility index (Phi) is 46.4. The molecule has 0 aromatic heterocycles. The number of allylic oxidation sites excluding steroid dienone is 6. The van der Waals surface area contributed by atoms with Crippen molar-refractivity contribution >= 4 is 13.7 Å². The van der Waals surface area contributed by atoms with Crippen molar-refractivity contribution in [3.05, 3.63) is 36.5 Å². The molecule has 0 heterocycles. The number of quaternary nitrogens is 1. The molecule has 10 heteroatoms. The molecule has 1 amide bonds. The van der Waals surface area contributed by atoms with Gasteiger partial charge in [0.15, 0.2) is 0 Å². The van der Waals surface area contributed by atoms with Gasteiger partial charge in [0.1, 0.15) is 19.3 Å². The first-order valence-electron chi connectivity index (χ1n) is 27.9. The number of unbranched alkanes of at least 4 members (excludes halogenated alkanes) is 32. The fraction of sp³-hybridized carbons (Fsp3) is 0.875. The second kappa shape index (κ2) is 47.4. The Bertz CT molecular complexity index is 1190. The van der Waals surface area contributed by atoms with Gasteiger partial charge in [-0.05, 0) is 58.3 Å². The van der Waals surface area contributed by atoms with Gasteiger partial charge in [0.2, 0.25) is 5.91 Å². The van der Waals surface area contributed by atoms with Crippen LogP contribution in [0.4, 0.5) is 0 Å². The molecule has 0 aromatic rings. The zero-order chi connectivity index (χ0) is 48.7. The highest BCUT2D eigenvalue weighted by Crippen LogP contribution is 2.38. The first kappa shape index (κ1) is 64.7. The highest BCUT2D eigenvalue weighted by Gasteiger charge is 2.29. The summed E-state index contributed by atoms with van der Waals surface area (Å²) in [5.41, 5.74) is 0. The molecule has 0 saturated carbocycles. The number of nitrogens with one attached hydrogen (secondary N) is 1. The van der Waals surface area contributed by atoms with Crippen LogP contribution in [0.2, 0.25) is 0 Å². The van der Waals surface area contributed by atoms with E-state index in [1.165, 1.54) is 173 Å². The summed E-state index contributed by atoms with van der Waals surface area (Å²) >= 11 is 0. The molecule has 66 heavy (non-hydrogen) atoms. The smallest absolute Gasteiger partial charge is 0.268 e. The van der Waals surface area contributed by atoms with Crippen molar-refractivity contribution in [1.29, 1.82) is 0 Å². The third kappa shape index (κ3) is 47.7.